The fraction of sp³-hybridized carbons (Fsp3) is 0.160. The number of hydrogen-bond donors (Lipinski definition) is 0. The summed E-state index contributed by atoms with van der Waals surface area (Å²) in [6.45, 7) is 0. The van der Waals surface area contributed by atoms with Crippen LogP contribution in [0.5, 0.6) is 0 Å². The summed E-state index contributed by atoms with van der Waals surface area (Å²) >= 11 is 0. The van der Waals surface area contributed by atoms with Crippen LogP contribution in [-0.2, 0) is 60.3 Å². The molecule has 0 saturated carbocycles. The lowest BCUT2D eigenvalue weighted by atomic mass is 9.12. The Morgan fingerprint density at radius 1 is 0.231 bits per heavy atom. The highest BCUT2D eigenvalue weighted by atomic mass is 32.2. The summed E-state index contributed by atoms with van der Waals surface area (Å²) in [5.41, 5.74) is -30.2. The van der Waals surface area contributed by atoms with E-state index in [1.54, 1.807) is 24.3 Å². The summed E-state index contributed by atoms with van der Waals surface area (Å²) < 4.78 is 367. The van der Waals surface area contributed by atoms with E-state index in [4.69, 9.17) is 0 Å². The molecule has 28 heteroatoms. The Labute approximate surface area is 424 Å². The van der Waals surface area contributed by atoms with Gasteiger partial charge in [0.05, 0.1) is 55.4 Å². The molecular formula is C50H25BF26S. The van der Waals surface area contributed by atoms with Crippen LogP contribution >= 0.6 is 0 Å². The summed E-state index contributed by atoms with van der Waals surface area (Å²) in [4.78, 5) is 3.14. The summed E-state index contributed by atoms with van der Waals surface area (Å²) in [6, 6.07) is 14.2. The molecule has 0 spiro atoms. The minimum atomic E-state index is -6.13. The van der Waals surface area contributed by atoms with Crippen LogP contribution in [0.2, 0.25) is 0 Å². The fourth-order valence-corrected chi connectivity index (χ4v) is 10.2. The van der Waals surface area contributed by atoms with Crippen molar-refractivity contribution in [3.8, 4) is 0 Å². The van der Waals surface area contributed by atoms with Crippen molar-refractivity contribution in [1.82, 2.24) is 0 Å². The number of rotatable bonds is 7. The molecule has 0 unspecified atom stereocenters. The Balaban J connectivity index is 0.000000387. The van der Waals surface area contributed by atoms with Gasteiger partial charge >= 0.3 is 49.4 Å². The number of halogens is 26. The van der Waals surface area contributed by atoms with Crippen LogP contribution in [0.25, 0.3) is 0 Å². The second kappa shape index (κ2) is 21.1. The van der Waals surface area contributed by atoms with Crippen LogP contribution in [0.15, 0.2) is 166 Å². The molecule has 78 heavy (non-hydrogen) atoms. The molecule has 0 bridgehead atoms. The van der Waals surface area contributed by atoms with Gasteiger partial charge in [-0.2, -0.15) is 127 Å². The van der Waals surface area contributed by atoms with Gasteiger partial charge in [0.15, 0.2) is 14.7 Å². The predicted octanol–water partition coefficient (Wildman–Crippen LogP) is 16.3. The maximum Gasteiger partial charge on any atom is 0.416 e. The van der Waals surface area contributed by atoms with Gasteiger partial charge in [-0.25, -0.2) is 8.78 Å². The van der Waals surface area contributed by atoms with Crippen molar-refractivity contribution >= 4 is 38.9 Å². The van der Waals surface area contributed by atoms with E-state index in [0.717, 1.165) is 14.7 Å². The fourth-order valence-electron chi connectivity index (χ4n) is 8.18. The monoisotopic (exact) mass is 1160 g/mol. The lowest BCUT2D eigenvalue weighted by Gasteiger charge is -2.46. The SMILES string of the molecule is FC(F)(F)c1cc([B-](c2cc(C(F)(F)F)cc(C(F)(F)F)c2)(c2cc(C(F)(F)F)cc(C(F)(F)F)c2)c2cc(C(F)(F)F)cc(C(F)(F)F)c2)cc(C(F)(F)F)c1.Fc1ccc([S+](c2ccccc2)c2ccc(F)cc2)cc1. The molecule has 0 N–H and O–H groups in total. The molecule has 0 fully saturated rings. The van der Waals surface area contributed by atoms with E-state index in [-0.39, 0.29) is 22.5 Å². The number of benzene rings is 7. The summed E-state index contributed by atoms with van der Waals surface area (Å²) in [5, 5.41) is 0. The highest BCUT2D eigenvalue weighted by Gasteiger charge is 2.47. The zero-order valence-electron chi connectivity index (χ0n) is 37.7. The number of alkyl halides is 24. The van der Waals surface area contributed by atoms with E-state index in [1.165, 1.54) is 24.3 Å². The van der Waals surface area contributed by atoms with Crippen LogP contribution in [0.1, 0.15) is 44.5 Å². The van der Waals surface area contributed by atoms with Crippen molar-refractivity contribution in [1.29, 1.82) is 0 Å². The standard InChI is InChI=1S/C32H12BF24.C18H13F2S/c34-25(35,36)13-1-14(26(37,38)39)6-21(5-13)33(22-7-15(27(40,41)42)2-16(8-22)28(43,44)45,23-9-17(29(46,47)48)3-18(10-23)30(49,50)51)24-11-19(31(52,53)54)4-20(12-24)32(55,56)57;19-14-6-10-17(11-7-14)21(16-4-2-1-3-5-16)18-12-8-15(20)9-13-18/h1-12H;1-13H/q-1;+1. The third-order valence-corrected chi connectivity index (χ3v) is 13.7. The van der Waals surface area contributed by atoms with E-state index in [1.807, 2.05) is 30.3 Å². The number of hydrogen-bond acceptors (Lipinski definition) is 0. The Morgan fingerprint density at radius 3 is 0.590 bits per heavy atom. The zero-order valence-corrected chi connectivity index (χ0v) is 38.6. The molecule has 0 aliphatic carbocycles. The maximum atomic E-state index is 14.2. The second-order valence-corrected chi connectivity index (χ2v) is 18.8. The first-order chi connectivity index (χ1) is 35.5. The lowest BCUT2D eigenvalue weighted by Crippen LogP contribution is -2.75. The molecule has 0 atom stereocenters. The molecule has 0 saturated heterocycles. The molecule has 7 aromatic carbocycles. The van der Waals surface area contributed by atoms with Crippen molar-refractivity contribution in [3.63, 3.8) is 0 Å². The highest BCUT2D eigenvalue weighted by Crippen LogP contribution is 2.42. The minimum Gasteiger partial charge on any atom is -0.207 e. The van der Waals surface area contributed by atoms with Gasteiger partial charge < -0.3 is 0 Å². The van der Waals surface area contributed by atoms with Crippen molar-refractivity contribution in [2.75, 3.05) is 0 Å². The molecule has 0 radical (unpaired) electrons. The average molecular weight is 1160 g/mol. The second-order valence-electron chi connectivity index (χ2n) is 16.7. The maximum absolute atomic E-state index is 14.2. The first-order valence-electron chi connectivity index (χ1n) is 21.2. The molecule has 7 aromatic rings. The molecule has 0 aliphatic rings. The zero-order chi connectivity index (χ0) is 58.6. The largest absolute Gasteiger partial charge is 0.416 e. The third kappa shape index (κ3) is 13.7. The Morgan fingerprint density at radius 2 is 0.410 bits per heavy atom. The smallest absolute Gasteiger partial charge is 0.207 e. The van der Waals surface area contributed by atoms with Gasteiger partial charge in [-0.1, -0.05) is 66.7 Å². The Hall–Kier alpha value is -6.87. The van der Waals surface area contributed by atoms with Gasteiger partial charge in [0.25, 0.3) is 0 Å². The first kappa shape index (κ1) is 60.4. The van der Waals surface area contributed by atoms with E-state index >= 15 is 0 Å². The summed E-state index contributed by atoms with van der Waals surface area (Å²) in [5.74, 6) is -0.510. The Kier molecular flexibility index (Phi) is 16.3. The normalized spacial score (nSPS) is 13.4. The topological polar surface area (TPSA) is 0 Å². The predicted molar refractivity (Wildman–Crippen MR) is 231 cm³/mol. The van der Waals surface area contributed by atoms with Gasteiger partial charge in [-0.3, -0.25) is 0 Å². The lowest BCUT2D eigenvalue weighted by molar-refractivity contribution is -0.144. The van der Waals surface area contributed by atoms with Gasteiger partial charge in [-0.15, -0.1) is 0 Å². The van der Waals surface area contributed by atoms with Gasteiger partial charge in [-0.05, 0) is 84.9 Å². The quantitative estimate of drug-likeness (QED) is 0.0848. The van der Waals surface area contributed by atoms with Gasteiger partial charge in [0.2, 0.25) is 0 Å². The molecule has 416 valence electrons. The first-order valence-corrected chi connectivity index (χ1v) is 22.4. The molecule has 7 rings (SSSR count). The van der Waals surface area contributed by atoms with E-state index in [2.05, 4.69) is 0 Å². The van der Waals surface area contributed by atoms with Gasteiger partial charge in [0.1, 0.15) is 17.8 Å². The van der Waals surface area contributed by atoms with Crippen LogP contribution in [0.3, 0.4) is 0 Å². The minimum absolute atomic E-state index is 0.255. The Bertz CT molecular complexity index is 2750. The molecule has 0 nitrogen and oxygen atoms in total. The molecule has 0 aliphatic heterocycles. The third-order valence-electron chi connectivity index (χ3n) is 11.5. The van der Waals surface area contributed by atoms with Crippen LogP contribution in [0, 0.1) is 11.6 Å². The molecular weight excluding hydrogens is 1140 g/mol. The van der Waals surface area contributed by atoms with E-state index < -0.39 is 195 Å². The highest BCUT2D eigenvalue weighted by molar-refractivity contribution is 7.97. The van der Waals surface area contributed by atoms with E-state index in [0.29, 0.717) is 0 Å². The van der Waals surface area contributed by atoms with Crippen molar-refractivity contribution in [2.24, 2.45) is 0 Å². The molecule has 0 amide bonds. The van der Waals surface area contributed by atoms with Gasteiger partial charge in [0, 0.05) is 0 Å². The van der Waals surface area contributed by atoms with E-state index in [9.17, 15) is 114 Å². The average Bonchev–Trinajstić information content (AvgIpc) is 3.51. The summed E-state index contributed by atoms with van der Waals surface area (Å²) in [6.07, 6.45) is -54.8. The van der Waals surface area contributed by atoms with Crippen molar-refractivity contribution < 1.29 is 114 Å². The van der Waals surface area contributed by atoms with Crippen LogP contribution < -0.4 is 21.9 Å². The molecule has 0 heterocycles. The van der Waals surface area contributed by atoms with Crippen molar-refractivity contribution in [2.45, 2.75) is 64.1 Å². The van der Waals surface area contributed by atoms with Crippen LogP contribution in [0.4, 0.5) is 114 Å². The molecule has 0 aromatic heterocycles. The van der Waals surface area contributed by atoms with Crippen molar-refractivity contribution in [3.05, 3.63) is 208 Å². The van der Waals surface area contributed by atoms with Crippen LogP contribution in [-0.4, -0.2) is 6.15 Å². The summed E-state index contributed by atoms with van der Waals surface area (Å²) in [7, 11) is -0.365.